The van der Waals surface area contributed by atoms with Crippen molar-refractivity contribution in [3.8, 4) is 0 Å². The summed E-state index contributed by atoms with van der Waals surface area (Å²) < 4.78 is 0. The molecule has 102 valence electrons. The Morgan fingerprint density at radius 3 is 2.71 bits per heavy atom. The van der Waals surface area contributed by atoms with E-state index in [9.17, 15) is 0 Å². The molecule has 2 heterocycles. The highest BCUT2D eigenvalue weighted by Gasteiger charge is 2.24. The number of nitrogens with zero attached hydrogens (tertiary/aromatic N) is 1. The van der Waals surface area contributed by atoms with Crippen LogP contribution in [0.2, 0.25) is 0 Å². The van der Waals surface area contributed by atoms with E-state index in [4.69, 9.17) is 0 Å². The number of hydrogen-bond donors (Lipinski definition) is 1. The van der Waals surface area contributed by atoms with Crippen LogP contribution in [-0.2, 0) is 0 Å². The first-order chi connectivity index (χ1) is 7.66. The highest BCUT2D eigenvalue weighted by atomic mass is 35.5. The second-order valence-corrected chi connectivity index (χ2v) is 6.53. The van der Waals surface area contributed by atoms with Gasteiger partial charge in [-0.15, -0.1) is 12.4 Å². The normalized spacial score (nSPS) is 30.4. The minimum absolute atomic E-state index is 0. The van der Waals surface area contributed by atoms with Crippen molar-refractivity contribution >= 4 is 12.4 Å². The van der Waals surface area contributed by atoms with Crippen LogP contribution in [-0.4, -0.2) is 37.6 Å². The maximum Gasteiger partial charge on any atom is 0.00218 e. The van der Waals surface area contributed by atoms with E-state index in [1.54, 1.807) is 0 Å². The maximum absolute atomic E-state index is 3.53. The fourth-order valence-electron chi connectivity index (χ4n) is 3.11. The summed E-state index contributed by atoms with van der Waals surface area (Å²) in [4.78, 5) is 2.71. The predicted octanol–water partition coefficient (Wildman–Crippen LogP) is 2.92. The van der Waals surface area contributed by atoms with Crippen molar-refractivity contribution < 1.29 is 0 Å². The summed E-state index contributed by atoms with van der Waals surface area (Å²) >= 11 is 0. The summed E-state index contributed by atoms with van der Waals surface area (Å²) in [5.41, 5.74) is 0.583. The first-order valence-electron chi connectivity index (χ1n) is 7.09. The fourth-order valence-corrected chi connectivity index (χ4v) is 3.11. The molecule has 2 aliphatic rings. The second-order valence-electron chi connectivity index (χ2n) is 6.53. The Morgan fingerprint density at radius 1 is 1.18 bits per heavy atom. The van der Waals surface area contributed by atoms with Gasteiger partial charge in [0.2, 0.25) is 0 Å². The van der Waals surface area contributed by atoms with Crippen LogP contribution in [0.5, 0.6) is 0 Å². The molecular formula is C14H29ClN2. The third kappa shape index (κ3) is 5.15. The Kier molecular flexibility index (Phi) is 6.25. The molecule has 17 heavy (non-hydrogen) atoms. The van der Waals surface area contributed by atoms with Gasteiger partial charge in [0, 0.05) is 6.54 Å². The molecule has 0 radical (unpaired) electrons. The SMILES string of the molecule is CC1(C)CCCN(CC2CCCNC2)CC1.Cl. The molecule has 0 bridgehead atoms. The molecular weight excluding hydrogens is 232 g/mol. The van der Waals surface area contributed by atoms with Gasteiger partial charge in [0.15, 0.2) is 0 Å². The molecule has 2 aliphatic heterocycles. The lowest BCUT2D eigenvalue weighted by Crippen LogP contribution is -2.38. The molecule has 0 aliphatic carbocycles. The molecule has 2 saturated heterocycles. The average molecular weight is 261 g/mol. The smallest absolute Gasteiger partial charge is 0.00218 e. The van der Waals surface area contributed by atoms with Gasteiger partial charge in [-0.25, -0.2) is 0 Å². The van der Waals surface area contributed by atoms with Crippen molar-refractivity contribution in [2.75, 3.05) is 32.7 Å². The monoisotopic (exact) mass is 260 g/mol. The minimum atomic E-state index is 0. The molecule has 1 unspecified atom stereocenters. The van der Waals surface area contributed by atoms with Gasteiger partial charge in [-0.05, 0) is 69.6 Å². The van der Waals surface area contributed by atoms with Crippen molar-refractivity contribution in [2.24, 2.45) is 11.3 Å². The van der Waals surface area contributed by atoms with Crippen LogP contribution in [0.4, 0.5) is 0 Å². The number of nitrogens with one attached hydrogen (secondary N) is 1. The zero-order valence-electron chi connectivity index (χ0n) is 11.5. The molecule has 0 spiro atoms. The molecule has 2 fully saturated rings. The van der Waals surface area contributed by atoms with Crippen LogP contribution in [0, 0.1) is 11.3 Å². The summed E-state index contributed by atoms with van der Waals surface area (Å²) in [5.74, 6) is 0.912. The number of piperidine rings is 1. The summed E-state index contributed by atoms with van der Waals surface area (Å²) in [6.45, 7) is 11.3. The Balaban J connectivity index is 0.00000144. The highest BCUT2D eigenvalue weighted by molar-refractivity contribution is 5.85. The molecule has 2 nitrogen and oxygen atoms in total. The van der Waals surface area contributed by atoms with Crippen LogP contribution < -0.4 is 5.32 Å². The van der Waals surface area contributed by atoms with Gasteiger partial charge in [-0.2, -0.15) is 0 Å². The van der Waals surface area contributed by atoms with Gasteiger partial charge >= 0.3 is 0 Å². The second kappa shape index (κ2) is 6.96. The third-order valence-corrected chi connectivity index (χ3v) is 4.35. The van der Waals surface area contributed by atoms with E-state index >= 15 is 0 Å². The number of hydrogen-bond acceptors (Lipinski definition) is 2. The fraction of sp³-hybridized carbons (Fsp3) is 1.00. The Labute approximate surface area is 113 Å². The molecule has 2 rings (SSSR count). The lowest BCUT2D eigenvalue weighted by atomic mass is 9.85. The standard InChI is InChI=1S/C14H28N2.ClH/c1-14(2)6-4-9-16(10-7-14)12-13-5-3-8-15-11-13;/h13,15H,3-12H2,1-2H3;1H. The van der Waals surface area contributed by atoms with Crippen LogP contribution in [0.1, 0.15) is 46.0 Å². The topological polar surface area (TPSA) is 15.3 Å². The Morgan fingerprint density at radius 2 is 2.00 bits per heavy atom. The molecule has 1 atom stereocenters. The Hall–Kier alpha value is 0.210. The summed E-state index contributed by atoms with van der Waals surface area (Å²) in [6.07, 6.45) is 7.00. The zero-order chi connectivity index (χ0) is 11.4. The molecule has 0 aromatic heterocycles. The van der Waals surface area contributed by atoms with E-state index in [1.807, 2.05) is 0 Å². The van der Waals surface area contributed by atoms with Crippen molar-refractivity contribution in [2.45, 2.75) is 46.0 Å². The minimum Gasteiger partial charge on any atom is -0.316 e. The van der Waals surface area contributed by atoms with Crippen LogP contribution in [0.25, 0.3) is 0 Å². The molecule has 0 amide bonds. The summed E-state index contributed by atoms with van der Waals surface area (Å²) in [6, 6.07) is 0. The van der Waals surface area contributed by atoms with E-state index in [0.29, 0.717) is 5.41 Å². The lowest BCUT2D eigenvalue weighted by molar-refractivity contribution is 0.206. The van der Waals surface area contributed by atoms with Gasteiger partial charge < -0.3 is 10.2 Å². The molecule has 0 saturated carbocycles. The van der Waals surface area contributed by atoms with E-state index in [1.165, 1.54) is 64.8 Å². The van der Waals surface area contributed by atoms with Crippen molar-refractivity contribution in [3.05, 3.63) is 0 Å². The van der Waals surface area contributed by atoms with E-state index in [-0.39, 0.29) is 12.4 Å². The quantitative estimate of drug-likeness (QED) is 0.821. The van der Waals surface area contributed by atoms with Gasteiger partial charge in [0.25, 0.3) is 0 Å². The average Bonchev–Trinajstić information content (AvgIpc) is 2.42. The number of rotatable bonds is 2. The van der Waals surface area contributed by atoms with Crippen molar-refractivity contribution in [1.82, 2.24) is 10.2 Å². The van der Waals surface area contributed by atoms with Crippen LogP contribution in [0.15, 0.2) is 0 Å². The van der Waals surface area contributed by atoms with E-state index in [0.717, 1.165) is 5.92 Å². The first kappa shape index (κ1) is 15.3. The largest absolute Gasteiger partial charge is 0.316 e. The Bertz CT molecular complexity index is 212. The van der Waals surface area contributed by atoms with E-state index < -0.39 is 0 Å². The number of likely N-dealkylation sites (tertiary alicyclic amines) is 1. The van der Waals surface area contributed by atoms with Gasteiger partial charge in [0.05, 0.1) is 0 Å². The molecule has 0 aromatic carbocycles. The van der Waals surface area contributed by atoms with Crippen LogP contribution >= 0.6 is 12.4 Å². The maximum atomic E-state index is 3.53. The van der Waals surface area contributed by atoms with Crippen molar-refractivity contribution in [1.29, 1.82) is 0 Å². The number of halogens is 1. The zero-order valence-corrected chi connectivity index (χ0v) is 12.3. The van der Waals surface area contributed by atoms with Crippen molar-refractivity contribution in [3.63, 3.8) is 0 Å². The molecule has 3 heteroatoms. The first-order valence-corrected chi connectivity index (χ1v) is 7.09. The van der Waals surface area contributed by atoms with Gasteiger partial charge in [0.1, 0.15) is 0 Å². The lowest BCUT2D eigenvalue weighted by Gasteiger charge is -2.29. The van der Waals surface area contributed by atoms with Crippen LogP contribution in [0.3, 0.4) is 0 Å². The highest BCUT2D eigenvalue weighted by Crippen LogP contribution is 2.30. The van der Waals surface area contributed by atoms with Gasteiger partial charge in [-0.1, -0.05) is 13.8 Å². The molecule has 0 aromatic rings. The van der Waals surface area contributed by atoms with Gasteiger partial charge in [-0.3, -0.25) is 0 Å². The predicted molar refractivity (Wildman–Crippen MR) is 76.9 cm³/mol. The van der Waals surface area contributed by atoms with E-state index in [2.05, 4.69) is 24.1 Å². The summed E-state index contributed by atoms with van der Waals surface area (Å²) in [5, 5.41) is 3.53. The molecule has 1 N–H and O–H groups in total. The summed E-state index contributed by atoms with van der Waals surface area (Å²) in [7, 11) is 0. The third-order valence-electron chi connectivity index (χ3n) is 4.35.